The van der Waals surface area contributed by atoms with Gasteiger partial charge in [-0.1, -0.05) is 29.8 Å². The van der Waals surface area contributed by atoms with Crippen LogP contribution in [-0.4, -0.2) is 49.6 Å². The van der Waals surface area contributed by atoms with Crippen molar-refractivity contribution in [1.82, 2.24) is 4.90 Å². The first-order valence-corrected chi connectivity index (χ1v) is 9.04. The van der Waals surface area contributed by atoms with Gasteiger partial charge in [-0.3, -0.25) is 9.59 Å². The number of hydrogen-bond acceptors (Lipinski definition) is 4. The van der Waals surface area contributed by atoms with Crippen molar-refractivity contribution < 1.29 is 19.1 Å². The molecule has 0 aliphatic carbocycles. The number of nitrogens with one attached hydrogen (secondary N) is 1. The fourth-order valence-electron chi connectivity index (χ4n) is 2.79. The molecule has 1 aliphatic heterocycles. The maximum atomic E-state index is 12.3. The molecule has 6 heteroatoms. The Morgan fingerprint density at radius 2 is 1.70 bits per heavy atom. The zero-order valence-electron chi connectivity index (χ0n) is 15.4. The number of nitrogens with zero attached hydrogens (tertiary/aromatic N) is 1. The number of aryl methyl sites for hydroxylation is 1. The summed E-state index contributed by atoms with van der Waals surface area (Å²) < 4.78 is 10.7. The van der Waals surface area contributed by atoms with E-state index in [1.165, 1.54) is 0 Å². The molecule has 0 spiro atoms. The van der Waals surface area contributed by atoms with Gasteiger partial charge in [-0.25, -0.2) is 0 Å². The Labute approximate surface area is 159 Å². The lowest BCUT2D eigenvalue weighted by Gasteiger charge is -2.26. The number of anilines is 1. The van der Waals surface area contributed by atoms with Gasteiger partial charge >= 0.3 is 0 Å². The quantitative estimate of drug-likeness (QED) is 0.850. The first-order valence-electron chi connectivity index (χ1n) is 9.04. The predicted molar refractivity (Wildman–Crippen MR) is 103 cm³/mol. The average molecular weight is 368 g/mol. The normalized spacial score (nSPS) is 13.9. The van der Waals surface area contributed by atoms with Crippen LogP contribution in [0.3, 0.4) is 0 Å². The van der Waals surface area contributed by atoms with Crippen molar-refractivity contribution >= 4 is 17.5 Å². The molecular formula is C21H24N2O4. The maximum absolute atomic E-state index is 12.3. The predicted octanol–water partition coefficient (Wildman–Crippen LogP) is 2.41. The minimum Gasteiger partial charge on any atom is -0.484 e. The van der Waals surface area contributed by atoms with Gasteiger partial charge in [0, 0.05) is 18.8 Å². The van der Waals surface area contributed by atoms with Crippen LogP contribution < -0.4 is 10.1 Å². The van der Waals surface area contributed by atoms with Crippen LogP contribution in [0.1, 0.15) is 11.1 Å². The van der Waals surface area contributed by atoms with Gasteiger partial charge in [0.15, 0.2) is 6.61 Å². The molecule has 0 bridgehead atoms. The molecule has 3 rings (SSSR count). The number of amides is 2. The SMILES string of the molecule is Cc1ccc(OCC(=O)Nc2ccc(CC(=O)N3CCOCC3)cc2)cc1. The Balaban J connectivity index is 1.45. The lowest BCUT2D eigenvalue weighted by atomic mass is 10.1. The number of carbonyl (C=O) groups excluding carboxylic acids is 2. The zero-order valence-corrected chi connectivity index (χ0v) is 15.4. The van der Waals surface area contributed by atoms with Gasteiger partial charge in [0.1, 0.15) is 5.75 Å². The van der Waals surface area contributed by atoms with Crippen LogP contribution >= 0.6 is 0 Å². The van der Waals surface area contributed by atoms with Gasteiger partial charge in [0.25, 0.3) is 5.91 Å². The van der Waals surface area contributed by atoms with E-state index in [0.29, 0.717) is 44.2 Å². The molecule has 6 nitrogen and oxygen atoms in total. The molecule has 0 saturated carbocycles. The van der Waals surface area contributed by atoms with Crippen LogP contribution in [0.4, 0.5) is 5.69 Å². The van der Waals surface area contributed by atoms with Gasteiger partial charge in [0.05, 0.1) is 19.6 Å². The monoisotopic (exact) mass is 368 g/mol. The molecule has 142 valence electrons. The number of benzene rings is 2. The summed E-state index contributed by atoms with van der Waals surface area (Å²) in [5, 5.41) is 2.79. The van der Waals surface area contributed by atoms with Gasteiger partial charge in [0.2, 0.25) is 5.91 Å². The minimum absolute atomic E-state index is 0.0552. The average Bonchev–Trinajstić information content (AvgIpc) is 2.70. The van der Waals surface area contributed by atoms with Crippen molar-refractivity contribution in [2.24, 2.45) is 0 Å². The molecule has 1 aliphatic rings. The van der Waals surface area contributed by atoms with Gasteiger partial charge in [-0.2, -0.15) is 0 Å². The van der Waals surface area contributed by atoms with Gasteiger partial charge < -0.3 is 19.7 Å². The summed E-state index contributed by atoms with van der Waals surface area (Å²) >= 11 is 0. The zero-order chi connectivity index (χ0) is 19.1. The molecule has 0 unspecified atom stereocenters. The number of morpholine rings is 1. The molecular weight excluding hydrogens is 344 g/mol. The van der Waals surface area contributed by atoms with Crippen molar-refractivity contribution in [2.75, 3.05) is 38.2 Å². The van der Waals surface area contributed by atoms with Crippen LogP contribution in [0.25, 0.3) is 0 Å². The smallest absolute Gasteiger partial charge is 0.262 e. The van der Waals surface area contributed by atoms with E-state index in [1.54, 1.807) is 12.1 Å². The topological polar surface area (TPSA) is 67.9 Å². The molecule has 0 aromatic heterocycles. The van der Waals surface area contributed by atoms with Crippen molar-refractivity contribution in [3.05, 3.63) is 59.7 Å². The lowest BCUT2D eigenvalue weighted by Crippen LogP contribution is -2.41. The van der Waals surface area contributed by atoms with Crippen LogP contribution in [0.15, 0.2) is 48.5 Å². The highest BCUT2D eigenvalue weighted by atomic mass is 16.5. The van der Waals surface area contributed by atoms with E-state index >= 15 is 0 Å². The molecule has 1 heterocycles. The van der Waals surface area contributed by atoms with E-state index in [-0.39, 0.29) is 18.4 Å². The second-order valence-corrected chi connectivity index (χ2v) is 6.52. The summed E-state index contributed by atoms with van der Waals surface area (Å²) in [6, 6.07) is 14.8. The highest BCUT2D eigenvalue weighted by molar-refractivity contribution is 5.92. The standard InChI is InChI=1S/C21H24N2O4/c1-16-2-8-19(9-3-16)27-15-20(24)22-18-6-4-17(5-7-18)14-21(25)23-10-12-26-13-11-23/h2-9H,10-15H2,1H3,(H,22,24). The summed E-state index contributed by atoms with van der Waals surface area (Å²) in [7, 11) is 0. The van der Waals surface area contributed by atoms with E-state index in [4.69, 9.17) is 9.47 Å². The lowest BCUT2D eigenvalue weighted by molar-refractivity contribution is -0.134. The Bertz CT molecular complexity index is 766. The van der Waals surface area contributed by atoms with Crippen molar-refractivity contribution in [3.63, 3.8) is 0 Å². The highest BCUT2D eigenvalue weighted by Gasteiger charge is 2.16. The van der Waals surface area contributed by atoms with E-state index in [9.17, 15) is 9.59 Å². The minimum atomic E-state index is -0.229. The first-order chi connectivity index (χ1) is 13.1. The fraction of sp³-hybridized carbons (Fsp3) is 0.333. The third-order valence-electron chi connectivity index (χ3n) is 4.35. The molecule has 1 N–H and O–H groups in total. The van der Waals surface area contributed by atoms with Gasteiger partial charge in [-0.05, 0) is 36.8 Å². The summed E-state index contributed by atoms with van der Waals surface area (Å²) in [5.74, 6) is 0.530. The van der Waals surface area contributed by atoms with Crippen LogP contribution in [0.2, 0.25) is 0 Å². The second kappa shape index (κ2) is 9.19. The fourth-order valence-corrected chi connectivity index (χ4v) is 2.79. The maximum Gasteiger partial charge on any atom is 0.262 e. The molecule has 2 amide bonds. The number of carbonyl (C=O) groups is 2. The third-order valence-corrected chi connectivity index (χ3v) is 4.35. The summed E-state index contributed by atoms with van der Waals surface area (Å²) in [5.41, 5.74) is 2.73. The second-order valence-electron chi connectivity index (χ2n) is 6.52. The Morgan fingerprint density at radius 1 is 1.04 bits per heavy atom. The van der Waals surface area contributed by atoms with Crippen LogP contribution in [-0.2, 0) is 20.7 Å². The summed E-state index contributed by atoms with van der Waals surface area (Å²) in [4.78, 5) is 26.1. The third kappa shape index (κ3) is 5.82. The number of rotatable bonds is 6. The number of ether oxygens (including phenoxy) is 2. The summed E-state index contributed by atoms with van der Waals surface area (Å²) in [6.45, 7) is 4.43. The van der Waals surface area contributed by atoms with E-state index in [2.05, 4.69) is 5.32 Å². The molecule has 2 aromatic carbocycles. The van der Waals surface area contributed by atoms with E-state index < -0.39 is 0 Å². The Morgan fingerprint density at radius 3 is 2.37 bits per heavy atom. The Kier molecular flexibility index (Phi) is 6.44. The highest BCUT2D eigenvalue weighted by Crippen LogP contribution is 2.13. The molecule has 0 radical (unpaired) electrons. The van der Waals surface area contributed by atoms with Crippen molar-refractivity contribution in [3.8, 4) is 5.75 Å². The van der Waals surface area contributed by atoms with Crippen molar-refractivity contribution in [2.45, 2.75) is 13.3 Å². The number of hydrogen-bond donors (Lipinski definition) is 1. The Hall–Kier alpha value is -2.86. The molecule has 27 heavy (non-hydrogen) atoms. The van der Waals surface area contributed by atoms with E-state index in [1.807, 2.05) is 48.2 Å². The largest absolute Gasteiger partial charge is 0.484 e. The van der Waals surface area contributed by atoms with E-state index in [0.717, 1.165) is 11.1 Å². The van der Waals surface area contributed by atoms with Gasteiger partial charge in [-0.15, -0.1) is 0 Å². The van der Waals surface area contributed by atoms with Crippen LogP contribution in [0.5, 0.6) is 5.75 Å². The molecule has 2 aromatic rings. The summed E-state index contributed by atoms with van der Waals surface area (Å²) in [6.07, 6.45) is 0.352. The van der Waals surface area contributed by atoms with Crippen LogP contribution in [0, 0.1) is 6.92 Å². The van der Waals surface area contributed by atoms with Crippen molar-refractivity contribution in [1.29, 1.82) is 0 Å². The molecule has 0 atom stereocenters. The molecule has 1 fully saturated rings. The molecule has 1 saturated heterocycles. The first kappa shape index (κ1) is 18.9.